The largest absolute Gasteiger partial charge is 0.469 e. The number of nitrogens with zero attached hydrogens (tertiary/aromatic N) is 1. The van der Waals surface area contributed by atoms with Crippen LogP contribution in [0.25, 0.3) is 0 Å². The molecule has 0 amide bonds. The third-order valence-corrected chi connectivity index (χ3v) is 3.88. The van der Waals surface area contributed by atoms with Crippen LogP contribution in [0.5, 0.6) is 0 Å². The lowest BCUT2D eigenvalue weighted by Gasteiger charge is -2.10. The number of aromatic nitrogens is 1. The Balaban J connectivity index is 2.96. The summed E-state index contributed by atoms with van der Waals surface area (Å²) in [7, 11) is 1.44. The fraction of sp³-hybridized carbons (Fsp3) is 0.667. The minimum absolute atomic E-state index is 0.145. The highest BCUT2D eigenvalue weighted by atomic mass is 32.1. The summed E-state index contributed by atoms with van der Waals surface area (Å²) in [5.41, 5.74) is 0.978. The first-order valence-electron chi connectivity index (χ1n) is 5.68. The molecular weight excluding hydrogens is 222 g/mol. The van der Waals surface area contributed by atoms with Crippen molar-refractivity contribution in [2.75, 3.05) is 7.11 Å². The molecule has 0 N–H and O–H groups in total. The maximum atomic E-state index is 11.6. The monoisotopic (exact) mass is 241 g/mol. The number of methoxy groups -OCH3 is 1. The van der Waals surface area contributed by atoms with E-state index in [2.05, 4.69) is 11.9 Å². The van der Waals surface area contributed by atoms with Crippen LogP contribution in [0.4, 0.5) is 0 Å². The van der Waals surface area contributed by atoms with E-state index in [9.17, 15) is 4.79 Å². The number of hydrogen-bond acceptors (Lipinski definition) is 4. The SMILES string of the molecule is CCCc1nc(C)c(C(CC)C(=O)OC)s1. The highest BCUT2D eigenvalue weighted by molar-refractivity contribution is 7.12. The molecule has 4 heteroatoms. The van der Waals surface area contributed by atoms with E-state index in [0.717, 1.165) is 34.8 Å². The topological polar surface area (TPSA) is 39.2 Å². The van der Waals surface area contributed by atoms with Gasteiger partial charge in [-0.05, 0) is 26.2 Å². The first-order chi connectivity index (χ1) is 7.63. The minimum atomic E-state index is -0.155. The summed E-state index contributed by atoms with van der Waals surface area (Å²) in [6.45, 7) is 6.10. The zero-order valence-corrected chi connectivity index (χ0v) is 11.2. The summed E-state index contributed by atoms with van der Waals surface area (Å²) in [5, 5.41) is 1.12. The van der Waals surface area contributed by atoms with Crippen LogP contribution in [0.15, 0.2) is 0 Å². The summed E-state index contributed by atoms with van der Waals surface area (Å²) < 4.78 is 4.82. The minimum Gasteiger partial charge on any atom is -0.469 e. The predicted molar refractivity (Wildman–Crippen MR) is 65.9 cm³/mol. The molecule has 1 atom stereocenters. The molecule has 0 bridgehead atoms. The summed E-state index contributed by atoms with van der Waals surface area (Å²) in [6, 6.07) is 0. The molecule has 0 spiro atoms. The number of aryl methyl sites for hydroxylation is 2. The third-order valence-electron chi connectivity index (χ3n) is 2.55. The summed E-state index contributed by atoms with van der Waals surface area (Å²) in [5.74, 6) is -0.301. The van der Waals surface area contributed by atoms with E-state index in [1.807, 2.05) is 13.8 Å². The van der Waals surface area contributed by atoms with Crippen molar-refractivity contribution in [1.29, 1.82) is 0 Å². The maximum Gasteiger partial charge on any atom is 0.314 e. The van der Waals surface area contributed by atoms with Crippen molar-refractivity contribution < 1.29 is 9.53 Å². The Bertz CT molecular complexity index is 360. The van der Waals surface area contributed by atoms with E-state index in [1.165, 1.54) is 7.11 Å². The molecule has 0 aliphatic carbocycles. The molecule has 90 valence electrons. The van der Waals surface area contributed by atoms with Crippen molar-refractivity contribution in [3.05, 3.63) is 15.6 Å². The highest BCUT2D eigenvalue weighted by Gasteiger charge is 2.24. The lowest BCUT2D eigenvalue weighted by molar-refractivity contribution is -0.142. The average molecular weight is 241 g/mol. The van der Waals surface area contributed by atoms with Gasteiger partial charge in [0, 0.05) is 4.88 Å². The van der Waals surface area contributed by atoms with Gasteiger partial charge in [-0.3, -0.25) is 4.79 Å². The van der Waals surface area contributed by atoms with Crippen LogP contribution < -0.4 is 0 Å². The molecular formula is C12H19NO2S. The molecule has 0 aromatic carbocycles. The van der Waals surface area contributed by atoms with Crippen LogP contribution in [0.2, 0.25) is 0 Å². The molecule has 0 saturated carbocycles. The van der Waals surface area contributed by atoms with Crippen LogP contribution in [-0.2, 0) is 16.0 Å². The predicted octanol–water partition coefficient (Wildman–Crippen LogP) is 3.07. The Hall–Kier alpha value is -0.900. The molecule has 0 radical (unpaired) electrons. The van der Waals surface area contributed by atoms with Gasteiger partial charge in [0.15, 0.2) is 0 Å². The Labute approximate surface area is 101 Å². The van der Waals surface area contributed by atoms with Gasteiger partial charge < -0.3 is 4.74 Å². The van der Waals surface area contributed by atoms with Crippen LogP contribution in [0.1, 0.15) is 48.2 Å². The summed E-state index contributed by atoms with van der Waals surface area (Å²) in [6.07, 6.45) is 2.84. The van der Waals surface area contributed by atoms with Gasteiger partial charge >= 0.3 is 5.97 Å². The Morgan fingerprint density at radius 1 is 1.50 bits per heavy atom. The van der Waals surface area contributed by atoms with Gasteiger partial charge in [0.2, 0.25) is 0 Å². The first-order valence-corrected chi connectivity index (χ1v) is 6.49. The molecule has 0 saturated heterocycles. The summed E-state index contributed by atoms with van der Waals surface area (Å²) >= 11 is 1.65. The number of esters is 1. The van der Waals surface area contributed by atoms with Crippen LogP contribution >= 0.6 is 11.3 Å². The molecule has 1 aromatic rings. The maximum absolute atomic E-state index is 11.6. The zero-order chi connectivity index (χ0) is 12.1. The molecule has 1 unspecified atom stereocenters. The first kappa shape index (κ1) is 13.2. The van der Waals surface area contributed by atoms with E-state index in [4.69, 9.17) is 4.74 Å². The molecule has 1 rings (SSSR count). The fourth-order valence-electron chi connectivity index (χ4n) is 1.71. The third kappa shape index (κ3) is 2.82. The Morgan fingerprint density at radius 3 is 2.69 bits per heavy atom. The normalized spacial score (nSPS) is 12.5. The van der Waals surface area contributed by atoms with Crippen molar-refractivity contribution in [3.63, 3.8) is 0 Å². The van der Waals surface area contributed by atoms with Crippen molar-refractivity contribution >= 4 is 17.3 Å². The lowest BCUT2D eigenvalue weighted by atomic mass is 10.0. The van der Waals surface area contributed by atoms with Crippen molar-refractivity contribution in [2.24, 2.45) is 0 Å². The van der Waals surface area contributed by atoms with Crippen molar-refractivity contribution in [1.82, 2.24) is 4.98 Å². The number of rotatable bonds is 5. The Kier molecular flexibility index (Phi) is 4.93. The molecule has 1 aromatic heterocycles. The number of hydrogen-bond donors (Lipinski definition) is 0. The van der Waals surface area contributed by atoms with Gasteiger partial charge in [0.1, 0.15) is 0 Å². The number of carbonyl (C=O) groups excluding carboxylic acids is 1. The van der Waals surface area contributed by atoms with Gasteiger partial charge in [-0.25, -0.2) is 4.98 Å². The zero-order valence-electron chi connectivity index (χ0n) is 10.4. The quantitative estimate of drug-likeness (QED) is 0.744. The van der Waals surface area contributed by atoms with Gasteiger partial charge in [0.25, 0.3) is 0 Å². The van der Waals surface area contributed by atoms with E-state index in [1.54, 1.807) is 11.3 Å². The Morgan fingerprint density at radius 2 is 2.19 bits per heavy atom. The second-order valence-corrected chi connectivity index (χ2v) is 4.91. The van der Waals surface area contributed by atoms with Crippen molar-refractivity contribution in [3.8, 4) is 0 Å². The molecule has 3 nitrogen and oxygen atoms in total. The molecule has 0 fully saturated rings. The number of ether oxygens (including phenoxy) is 1. The molecule has 0 aliphatic rings. The number of thiazole rings is 1. The standard InChI is InChI=1S/C12H19NO2S/c1-5-7-10-13-8(3)11(16-10)9(6-2)12(14)15-4/h9H,5-7H2,1-4H3. The van der Waals surface area contributed by atoms with E-state index in [0.29, 0.717) is 0 Å². The van der Waals surface area contributed by atoms with Crippen molar-refractivity contribution in [2.45, 2.75) is 46.0 Å². The second kappa shape index (κ2) is 5.99. The van der Waals surface area contributed by atoms with E-state index < -0.39 is 0 Å². The van der Waals surface area contributed by atoms with Crippen LogP contribution in [-0.4, -0.2) is 18.1 Å². The van der Waals surface area contributed by atoms with Gasteiger partial charge in [0.05, 0.1) is 23.7 Å². The average Bonchev–Trinajstić information content (AvgIpc) is 2.61. The lowest BCUT2D eigenvalue weighted by Crippen LogP contribution is -2.13. The molecule has 0 aliphatic heterocycles. The van der Waals surface area contributed by atoms with Gasteiger partial charge in [-0.1, -0.05) is 13.8 Å². The second-order valence-electron chi connectivity index (χ2n) is 3.79. The van der Waals surface area contributed by atoms with E-state index >= 15 is 0 Å². The number of carbonyl (C=O) groups is 1. The van der Waals surface area contributed by atoms with Gasteiger partial charge in [-0.15, -0.1) is 11.3 Å². The fourth-order valence-corrected chi connectivity index (χ4v) is 3.05. The smallest absolute Gasteiger partial charge is 0.314 e. The molecule has 1 heterocycles. The summed E-state index contributed by atoms with van der Waals surface area (Å²) in [4.78, 5) is 17.2. The highest BCUT2D eigenvalue weighted by Crippen LogP contribution is 2.30. The van der Waals surface area contributed by atoms with Crippen LogP contribution in [0, 0.1) is 6.92 Å². The van der Waals surface area contributed by atoms with Crippen LogP contribution in [0.3, 0.4) is 0 Å². The van der Waals surface area contributed by atoms with E-state index in [-0.39, 0.29) is 11.9 Å². The van der Waals surface area contributed by atoms with Gasteiger partial charge in [-0.2, -0.15) is 0 Å². The molecule has 16 heavy (non-hydrogen) atoms.